The van der Waals surface area contributed by atoms with Gasteiger partial charge in [-0.1, -0.05) is 51.0 Å². The van der Waals surface area contributed by atoms with Crippen molar-refractivity contribution in [3.05, 3.63) is 93.6 Å². The summed E-state index contributed by atoms with van der Waals surface area (Å²) in [6, 6.07) is 15.2. The molecule has 0 saturated carbocycles. The third-order valence-corrected chi connectivity index (χ3v) is 7.70. The fraction of sp³-hybridized carbons (Fsp3) is 0.303. The van der Waals surface area contributed by atoms with Gasteiger partial charge in [0.15, 0.2) is 5.78 Å². The molecule has 0 N–H and O–H groups in total. The molecular weight excluding hydrogens is 534 g/mol. The molecule has 0 atom stereocenters. The highest BCUT2D eigenvalue weighted by Crippen LogP contribution is 2.22. The van der Waals surface area contributed by atoms with Crippen LogP contribution in [0.3, 0.4) is 0 Å². The lowest BCUT2D eigenvalue weighted by atomic mass is 10.0. The van der Waals surface area contributed by atoms with Gasteiger partial charge in [0, 0.05) is 30.1 Å². The normalized spacial score (nSPS) is 13.9. The minimum absolute atomic E-state index is 0.0488. The van der Waals surface area contributed by atoms with Crippen LogP contribution < -0.4 is 4.74 Å². The zero-order valence-corrected chi connectivity index (χ0v) is 24.4. The van der Waals surface area contributed by atoms with E-state index in [9.17, 15) is 13.9 Å². The van der Waals surface area contributed by atoms with E-state index in [2.05, 4.69) is 4.99 Å². The molecule has 41 heavy (non-hydrogen) atoms. The first-order valence-electron chi connectivity index (χ1n) is 14.1. The van der Waals surface area contributed by atoms with Crippen LogP contribution in [0.5, 0.6) is 5.75 Å². The largest absolute Gasteiger partial charge is 0.495 e. The van der Waals surface area contributed by atoms with Crippen LogP contribution in [0.1, 0.15) is 74.2 Å². The van der Waals surface area contributed by atoms with E-state index < -0.39 is 0 Å². The van der Waals surface area contributed by atoms with Crippen LogP contribution in [-0.4, -0.2) is 36.1 Å². The molecule has 0 fully saturated rings. The van der Waals surface area contributed by atoms with Gasteiger partial charge in [0.25, 0.3) is 0 Å². The van der Waals surface area contributed by atoms with Crippen LogP contribution in [0.25, 0.3) is 18.2 Å². The Morgan fingerprint density at radius 3 is 2.44 bits per heavy atom. The number of benzene rings is 1. The van der Waals surface area contributed by atoms with Gasteiger partial charge in [-0.3, -0.25) is 9.59 Å². The molecule has 1 radical (unpaired) electrons. The molecule has 4 rings (SSSR count). The van der Waals surface area contributed by atoms with Gasteiger partial charge in [-0.2, -0.15) is 0 Å². The minimum atomic E-state index is 0.0488. The number of carbonyl (C=O) groups is 2. The van der Waals surface area contributed by atoms with Crippen LogP contribution in [0.15, 0.2) is 76.8 Å². The molecule has 5 nitrogen and oxygen atoms in total. The summed E-state index contributed by atoms with van der Waals surface area (Å²) in [5, 5.41) is 2.02. The van der Waals surface area contributed by atoms with Crippen molar-refractivity contribution in [1.29, 1.82) is 0 Å². The quantitative estimate of drug-likeness (QED) is 0.130. The molecule has 1 aliphatic rings. The Labute approximate surface area is 246 Å². The average Bonchev–Trinajstić information content (AvgIpc) is 3.74. The van der Waals surface area contributed by atoms with Crippen molar-refractivity contribution in [3.8, 4) is 5.75 Å². The number of hydrogen-bond donors (Lipinski definition) is 0. The van der Waals surface area contributed by atoms with Gasteiger partial charge >= 0.3 is 7.69 Å². The molecule has 8 heteroatoms. The number of thiophene rings is 1. The van der Waals surface area contributed by atoms with Crippen LogP contribution in [0.4, 0.5) is 4.32 Å². The Kier molecular flexibility index (Phi) is 11.3. The van der Waals surface area contributed by atoms with E-state index in [0.717, 1.165) is 47.5 Å². The number of aliphatic imine (C=N–C) groups is 1. The van der Waals surface area contributed by atoms with E-state index in [-0.39, 0.29) is 18.3 Å². The SMILES string of the molecule is CC(C)C(=O)CCCCCCC(=O)COc1ccc(/C=C/c2ccc(/C=C3/C=CC(c4cccs4)=N3)n2[B]F)cc1. The lowest BCUT2D eigenvalue weighted by molar-refractivity contribution is -0.122. The summed E-state index contributed by atoms with van der Waals surface area (Å²) >= 11 is 1.63. The lowest BCUT2D eigenvalue weighted by Crippen LogP contribution is -2.11. The number of hydrogen-bond acceptors (Lipinski definition) is 5. The Hall–Kier alpha value is -3.78. The number of Topliss-reactive ketones (excluding diaryl/α,β-unsaturated/α-hetero) is 2. The predicted molar refractivity (Wildman–Crippen MR) is 168 cm³/mol. The number of allylic oxidation sites excluding steroid dienone is 2. The lowest BCUT2D eigenvalue weighted by Gasteiger charge is -2.07. The van der Waals surface area contributed by atoms with E-state index in [1.165, 1.54) is 4.48 Å². The maximum atomic E-state index is 13.8. The summed E-state index contributed by atoms with van der Waals surface area (Å²) in [6.45, 7) is 3.91. The zero-order valence-electron chi connectivity index (χ0n) is 23.6. The zero-order chi connectivity index (χ0) is 29.0. The molecule has 0 unspecified atom stereocenters. The van der Waals surface area contributed by atoms with E-state index in [1.807, 2.05) is 98.1 Å². The third kappa shape index (κ3) is 9.12. The van der Waals surface area contributed by atoms with Crippen molar-refractivity contribution in [1.82, 2.24) is 4.48 Å². The molecule has 0 aliphatic carbocycles. The molecule has 0 spiro atoms. The first-order valence-corrected chi connectivity index (χ1v) is 14.9. The van der Waals surface area contributed by atoms with E-state index in [1.54, 1.807) is 11.3 Å². The smallest absolute Gasteiger partial charge is 0.486 e. The van der Waals surface area contributed by atoms with Crippen molar-refractivity contribution in [2.45, 2.75) is 52.4 Å². The van der Waals surface area contributed by atoms with Crippen molar-refractivity contribution in [2.75, 3.05) is 6.61 Å². The summed E-state index contributed by atoms with van der Waals surface area (Å²) in [5.41, 5.74) is 4.00. The molecule has 3 aromatic rings. The van der Waals surface area contributed by atoms with Gasteiger partial charge in [0.1, 0.15) is 18.1 Å². The maximum absolute atomic E-state index is 13.8. The monoisotopic (exact) mass is 569 g/mol. The summed E-state index contributed by atoms with van der Waals surface area (Å²) in [4.78, 5) is 29.6. The highest BCUT2D eigenvalue weighted by molar-refractivity contribution is 7.12. The third-order valence-electron chi connectivity index (χ3n) is 6.81. The predicted octanol–water partition coefficient (Wildman–Crippen LogP) is 7.99. The van der Waals surface area contributed by atoms with Gasteiger partial charge < -0.3 is 13.5 Å². The molecule has 1 aromatic carbocycles. The Bertz CT molecular complexity index is 1430. The Morgan fingerprint density at radius 1 is 0.976 bits per heavy atom. The number of unbranched alkanes of at least 4 members (excludes halogenated alkanes) is 3. The van der Waals surface area contributed by atoms with Gasteiger partial charge in [-0.15, -0.1) is 11.3 Å². The molecule has 0 amide bonds. The van der Waals surface area contributed by atoms with E-state index in [4.69, 9.17) is 4.74 Å². The van der Waals surface area contributed by atoms with E-state index >= 15 is 0 Å². The van der Waals surface area contributed by atoms with Crippen molar-refractivity contribution < 1.29 is 18.6 Å². The van der Waals surface area contributed by atoms with Crippen molar-refractivity contribution >= 4 is 54.5 Å². The number of rotatable bonds is 16. The molecular formula is C33H35BFN2O3S. The fourth-order valence-corrected chi connectivity index (χ4v) is 5.07. The van der Waals surface area contributed by atoms with E-state index in [0.29, 0.717) is 43.5 Å². The van der Waals surface area contributed by atoms with Crippen LogP contribution in [-0.2, 0) is 9.59 Å². The number of ether oxygens (including phenoxy) is 1. The fourth-order valence-electron chi connectivity index (χ4n) is 4.37. The number of aromatic nitrogens is 1. The molecule has 3 heterocycles. The first kappa shape index (κ1) is 30.2. The number of nitrogens with zero attached hydrogens (tertiary/aromatic N) is 2. The van der Waals surface area contributed by atoms with Gasteiger partial charge in [-0.25, -0.2) is 4.99 Å². The second-order valence-corrected chi connectivity index (χ2v) is 11.2. The minimum Gasteiger partial charge on any atom is -0.486 e. The standard InChI is InChI=1S/C33H35BFN2O3S/c1-24(2)32(39)9-6-4-3-5-8-29(38)23-40-30-18-12-25(13-19-30)11-15-27-16-17-28(37(27)34-35)22-26-14-20-31(36-26)33-10-7-21-41-33/h7,10-22,24H,3-6,8-9,23H2,1-2H3/b15-11+,26-22-. The molecule has 0 bridgehead atoms. The second-order valence-electron chi connectivity index (χ2n) is 10.3. The highest BCUT2D eigenvalue weighted by Gasteiger charge is 2.11. The second kappa shape index (κ2) is 15.3. The number of halogens is 1. The summed E-state index contributed by atoms with van der Waals surface area (Å²) in [6.07, 6.45) is 14.2. The Balaban J connectivity index is 1.23. The van der Waals surface area contributed by atoms with Crippen molar-refractivity contribution in [2.24, 2.45) is 10.9 Å². The van der Waals surface area contributed by atoms with Crippen LogP contribution in [0, 0.1) is 5.92 Å². The topological polar surface area (TPSA) is 60.7 Å². The maximum Gasteiger partial charge on any atom is 0.495 e. The highest BCUT2D eigenvalue weighted by atomic mass is 32.1. The summed E-state index contributed by atoms with van der Waals surface area (Å²) < 4.78 is 21.0. The molecule has 211 valence electrons. The van der Waals surface area contributed by atoms with Gasteiger partial charge in [0.05, 0.1) is 16.3 Å². The molecule has 2 aromatic heterocycles. The Morgan fingerprint density at radius 2 is 1.73 bits per heavy atom. The van der Waals surface area contributed by atoms with Crippen LogP contribution in [0.2, 0.25) is 0 Å². The van der Waals surface area contributed by atoms with Gasteiger partial charge in [-0.05, 0) is 78.4 Å². The molecule has 1 aliphatic heterocycles. The summed E-state index contributed by atoms with van der Waals surface area (Å²) in [5.74, 6) is 1.11. The number of ketones is 2. The molecule has 0 saturated heterocycles. The average molecular weight is 570 g/mol. The van der Waals surface area contributed by atoms with Crippen LogP contribution >= 0.6 is 11.3 Å². The summed E-state index contributed by atoms with van der Waals surface area (Å²) in [7, 11) is 0.552. The van der Waals surface area contributed by atoms with Crippen molar-refractivity contribution in [3.63, 3.8) is 0 Å². The first-order chi connectivity index (χ1) is 19.9. The van der Waals surface area contributed by atoms with Gasteiger partial charge in [0.2, 0.25) is 0 Å². The number of carbonyl (C=O) groups excluding carboxylic acids is 2.